The smallest absolute Gasteiger partial charge is 0.0635 e. The number of hydrogen-bond donors (Lipinski definition) is 1. The number of halogens is 1. The zero-order chi connectivity index (χ0) is 12.0. The first-order valence-corrected chi connectivity index (χ1v) is 6.50. The maximum Gasteiger partial charge on any atom is 0.0635 e. The van der Waals surface area contributed by atoms with Crippen molar-refractivity contribution in [2.75, 3.05) is 33.7 Å². The van der Waals surface area contributed by atoms with E-state index in [-0.39, 0.29) is 0 Å². The molecule has 0 atom stereocenters. The molecule has 1 aromatic heterocycles. The van der Waals surface area contributed by atoms with Crippen molar-refractivity contribution in [3.63, 3.8) is 0 Å². The lowest BCUT2D eigenvalue weighted by Crippen LogP contribution is -2.22. The highest BCUT2D eigenvalue weighted by Gasteiger charge is 2.08. The van der Waals surface area contributed by atoms with Crippen LogP contribution in [0.2, 0.25) is 0 Å². The molecule has 0 saturated heterocycles. The van der Waals surface area contributed by atoms with Crippen LogP contribution >= 0.6 is 15.9 Å². The first-order chi connectivity index (χ1) is 7.65. The van der Waals surface area contributed by atoms with Crippen molar-refractivity contribution in [3.05, 3.63) is 16.4 Å². The Bertz CT molecular complexity index is 309. The van der Waals surface area contributed by atoms with Gasteiger partial charge in [-0.25, -0.2) is 0 Å². The molecule has 1 rings (SSSR count). The SMILES string of the molecule is CCNCCc1c(Br)cnn1CCN(C)C. The van der Waals surface area contributed by atoms with Crippen molar-refractivity contribution in [1.82, 2.24) is 20.0 Å². The van der Waals surface area contributed by atoms with Crippen molar-refractivity contribution in [3.8, 4) is 0 Å². The van der Waals surface area contributed by atoms with Gasteiger partial charge in [0, 0.05) is 19.5 Å². The van der Waals surface area contributed by atoms with Crippen LogP contribution in [0.15, 0.2) is 10.7 Å². The van der Waals surface area contributed by atoms with Crippen LogP contribution in [0.25, 0.3) is 0 Å². The number of nitrogens with zero attached hydrogens (tertiary/aromatic N) is 3. The van der Waals surface area contributed by atoms with Crippen LogP contribution in [0.4, 0.5) is 0 Å². The minimum absolute atomic E-state index is 0.945. The second-order valence-corrected chi connectivity index (χ2v) is 4.92. The summed E-state index contributed by atoms with van der Waals surface area (Å²) in [6, 6.07) is 0. The monoisotopic (exact) mass is 288 g/mol. The van der Waals surface area contributed by atoms with E-state index >= 15 is 0 Å². The van der Waals surface area contributed by atoms with Gasteiger partial charge >= 0.3 is 0 Å². The Morgan fingerprint density at radius 2 is 2.25 bits per heavy atom. The molecule has 0 saturated carbocycles. The van der Waals surface area contributed by atoms with Crippen LogP contribution in [0, 0.1) is 0 Å². The fourth-order valence-corrected chi connectivity index (χ4v) is 2.00. The fraction of sp³-hybridized carbons (Fsp3) is 0.727. The Balaban J connectivity index is 2.55. The zero-order valence-electron chi connectivity index (χ0n) is 10.3. The van der Waals surface area contributed by atoms with Crippen LogP contribution in [-0.4, -0.2) is 48.4 Å². The molecule has 0 bridgehead atoms. The highest BCUT2D eigenvalue weighted by atomic mass is 79.9. The van der Waals surface area contributed by atoms with E-state index in [1.807, 2.05) is 6.20 Å². The van der Waals surface area contributed by atoms with Crippen LogP contribution in [0.3, 0.4) is 0 Å². The van der Waals surface area contributed by atoms with Gasteiger partial charge in [-0.05, 0) is 36.6 Å². The lowest BCUT2D eigenvalue weighted by molar-refractivity contribution is 0.369. The number of rotatable bonds is 7. The van der Waals surface area contributed by atoms with Crippen molar-refractivity contribution in [2.45, 2.75) is 19.9 Å². The third-order valence-electron chi connectivity index (χ3n) is 2.45. The molecule has 0 aromatic carbocycles. The molecule has 92 valence electrons. The molecule has 5 heteroatoms. The summed E-state index contributed by atoms with van der Waals surface area (Å²) in [6.07, 6.45) is 2.90. The Hall–Kier alpha value is -0.390. The highest BCUT2D eigenvalue weighted by molar-refractivity contribution is 9.10. The quantitative estimate of drug-likeness (QED) is 0.769. The van der Waals surface area contributed by atoms with E-state index in [2.05, 4.69) is 56.9 Å². The van der Waals surface area contributed by atoms with Crippen molar-refractivity contribution < 1.29 is 0 Å². The maximum absolute atomic E-state index is 4.38. The first-order valence-electron chi connectivity index (χ1n) is 5.70. The second kappa shape index (κ2) is 7.04. The fourth-order valence-electron chi connectivity index (χ4n) is 1.51. The Morgan fingerprint density at radius 1 is 1.50 bits per heavy atom. The second-order valence-electron chi connectivity index (χ2n) is 4.07. The molecule has 0 fully saturated rings. The number of hydrogen-bond acceptors (Lipinski definition) is 3. The van der Waals surface area contributed by atoms with Crippen molar-refractivity contribution >= 4 is 15.9 Å². The summed E-state index contributed by atoms with van der Waals surface area (Å²) in [4.78, 5) is 2.17. The number of likely N-dealkylation sites (N-methyl/N-ethyl adjacent to an activating group) is 2. The van der Waals surface area contributed by atoms with Gasteiger partial charge < -0.3 is 10.2 Å². The first kappa shape index (κ1) is 13.7. The molecule has 0 radical (unpaired) electrons. The largest absolute Gasteiger partial charge is 0.317 e. The minimum atomic E-state index is 0.945. The summed E-state index contributed by atoms with van der Waals surface area (Å²) in [5.74, 6) is 0. The average molecular weight is 289 g/mol. The predicted molar refractivity (Wildman–Crippen MR) is 70.7 cm³/mol. The maximum atomic E-state index is 4.38. The molecule has 0 aliphatic rings. The molecular weight excluding hydrogens is 268 g/mol. The molecule has 1 heterocycles. The molecule has 0 aliphatic carbocycles. The molecule has 1 N–H and O–H groups in total. The highest BCUT2D eigenvalue weighted by Crippen LogP contribution is 2.16. The van der Waals surface area contributed by atoms with E-state index in [0.717, 1.165) is 37.1 Å². The summed E-state index contributed by atoms with van der Waals surface area (Å²) in [5, 5.41) is 7.72. The lowest BCUT2D eigenvalue weighted by atomic mass is 10.3. The normalized spacial score (nSPS) is 11.3. The lowest BCUT2D eigenvalue weighted by Gasteiger charge is -2.12. The van der Waals surface area contributed by atoms with Crippen molar-refractivity contribution in [1.29, 1.82) is 0 Å². The van der Waals surface area contributed by atoms with Gasteiger partial charge in [-0.2, -0.15) is 5.10 Å². The summed E-state index contributed by atoms with van der Waals surface area (Å²) < 4.78 is 3.20. The topological polar surface area (TPSA) is 33.1 Å². The van der Waals surface area contributed by atoms with Gasteiger partial charge in [-0.3, -0.25) is 4.68 Å². The Morgan fingerprint density at radius 3 is 2.88 bits per heavy atom. The third kappa shape index (κ3) is 4.23. The third-order valence-corrected chi connectivity index (χ3v) is 3.11. The summed E-state index contributed by atoms with van der Waals surface area (Å²) in [5.41, 5.74) is 1.28. The molecule has 1 aromatic rings. The van der Waals surface area contributed by atoms with Gasteiger partial charge in [0.2, 0.25) is 0 Å². The van der Waals surface area contributed by atoms with E-state index in [0.29, 0.717) is 0 Å². The standard InChI is InChI=1S/C11H21BrN4/c1-4-13-6-5-11-10(12)9-14-16(11)8-7-15(2)3/h9,13H,4-8H2,1-3H3. The summed E-state index contributed by atoms with van der Waals surface area (Å²) >= 11 is 3.55. The van der Waals surface area contributed by atoms with E-state index in [9.17, 15) is 0 Å². The molecule has 16 heavy (non-hydrogen) atoms. The minimum Gasteiger partial charge on any atom is -0.317 e. The number of aromatic nitrogens is 2. The average Bonchev–Trinajstić information content (AvgIpc) is 2.58. The van der Waals surface area contributed by atoms with Crippen LogP contribution in [0.1, 0.15) is 12.6 Å². The number of nitrogens with one attached hydrogen (secondary N) is 1. The molecule has 4 nitrogen and oxygen atoms in total. The Labute approximate surface area is 106 Å². The molecule has 0 unspecified atom stereocenters. The summed E-state index contributed by atoms with van der Waals surface area (Å²) in [6.45, 7) is 6.10. The van der Waals surface area contributed by atoms with Crippen molar-refractivity contribution in [2.24, 2.45) is 0 Å². The molecular formula is C11H21BrN4. The van der Waals surface area contributed by atoms with Gasteiger partial charge in [0.05, 0.1) is 22.9 Å². The Kier molecular flexibility index (Phi) is 6.01. The van der Waals surface area contributed by atoms with E-state index in [1.165, 1.54) is 5.69 Å². The van der Waals surface area contributed by atoms with Crippen LogP contribution < -0.4 is 5.32 Å². The van der Waals surface area contributed by atoms with E-state index in [4.69, 9.17) is 0 Å². The van der Waals surface area contributed by atoms with Gasteiger partial charge in [-0.1, -0.05) is 6.92 Å². The zero-order valence-corrected chi connectivity index (χ0v) is 11.9. The van der Waals surface area contributed by atoms with E-state index < -0.39 is 0 Å². The molecule has 0 amide bonds. The molecule has 0 spiro atoms. The molecule has 0 aliphatic heterocycles. The van der Waals surface area contributed by atoms with Gasteiger partial charge in [0.25, 0.3) is 0 Å². The van der Waals surface area contributed by atoms with Gasteiger partial charge in [0.15, 0.2) is 0 Å². The van der Waals surface area contributed by atoms with E-state index in [1.54, 1.807) is 0 Å². The summed E-state index contributed by atoms with van der Waals surface area (Å²) in [7, 11) is 4.16. The van der Waals surface area contributed by atoms with Gasteiger partial charge in [-0.15, -0.1) is 0 Å². The predicted octanol–water partition coefficient (Wildman–Crippen LogP) is 1.36. The van der Waals surface area contributed by atoms with Crippen LogP contribution in [-0.2, 0) is 13.0 Å². The van der Waals surface area contributed by atoms with Crippen LogP contribution in [0.5, 0.6) is 0 Å². The van der Waals surface area contributed by atoms with Gasteiger partial charge in [0.1, 0.15) is 0 Å².